The summed E-state index contributed by atoms with van der Waals surface area (Å²) in [6.07, 6.45) is 0. The highest BCUT2D eigenvalue weighted by atomic mass is 32.1. The van der Waals surface area contributed by atoms with Gasteiger partial charge in [-0.1, -0.05) is 121 Å². The van der Waals surface area contributed by atoms with Gasteiger partial charge in [0.15, 0.2) is 0 Å². The summed E-state index contributed by atoms with van der Waals surface area (Å²) in [4.78, 5) is 0. The monoisotopic (exact) mass is 720 g/mol. The highest BCUT2D eigenvalue weighted by molar-refractivity contribution is 7.26. The van der Waals surface area contributed by atoms with Crippen molar-refractivity contribution in [3.63, 3.8) is 0 Å². The number of nitrogens with zero attached hydrogens (tertiary/aromatic N) is 2. The van der Waals surface area contributed by atoms with Crippen molar-refractivity contribution in [2.45, 2.75) is 0 Å². The first-order valence-electron chi connectivity index (χ1n) is 17.8. The SMILES string of the molecule is N#Cc1cc(-c2ccc(-c3cccc4c3sc3ccccc34)cc2)cc(-c2cc(C#N)cc(-c3ccc(-c4cccc5c4sc4ccccc45)cc3)c2)c1. The van der Waals surface area contributed by atoms with Crippen molar-refractivity contribution < 1.29 is 0 Å². The van der Waals surface area contributed by atoms with Crippen molar-refractivity contribution >= 4 is 63.0 Å². The molecule has 0 fully saturated rings. The molecule has 4 heteroatoms. The zero-order valence-electron chi connectivity index (χ0n) is 28.9. The maximum atomic E-state index is 10.1. The number of hydrogen-bond donors (Lipinski definition) is 0. The lowest BCUT2D eigenvalue weighted by atomic mass is 9.92. The Balaban J connectivity index is 0.995. The van der Waals surface area contributed by atoms with Gasteiger partial charge in [-0.05, 0) is 104 Å². The van der Waals surface area contributed by atoms with Crippen LogP contribution in [0.4, 0.5) is 0 Å². The second-order valence-electron chi connectivity index (χ2n) is 13.5. The van der Waals surface area contributed by atoms with Gasteiger partial charge >= 0.3 is 0 Å². The summed E-state index contributed by atoms with van der Waals surface area (Å²) in [7, 11) is 0. The fourth-order valence-electron chi connectivity index (χ4n) is 7.68. The maximum Gasteiger partial charge on any atom is 0.0992 e. The minimum absolute atomic E-state index is 0.574. The van der Waals surface area contributed by atoms with Crippen LogP contribution in [0.25, 0.3) is 96.0 Å². The van der Waals surface area contributed by atoms with E-state index in [9.17, 15) is 10.5 Å². The normalized spacial score (nSPS) is 11.3. The number of hydrogen-bond acceptors (Lipinski definition) is 4. The number of benzene rings is 8. The van der Waals surface area contributed by atoms with E-state index in [1.165, 1.54) is 51.5 Å². The van der Waals surface area contributed by atoms with Gasteiger partial charge in [0.05, 0.1) is 23.3 Å². The van der Waals surface area contributed by atoms with Gasteiger partial charge in [-0.3, -0.25) is 0 Å². The molecule has 0 saturated heterocycles. The van der Waals surface area contributed by atoms with Crippen molar-refractivity contribution in [1.29, 1.82) is 10.5 Å². The lowest BCUT2D eigenvalue weighted by molar-refractivity contribution is 1.46. The zero-order chi connectivity index (χ0) is 36.2. The molecule has 2 aromatic heterocycles. The minimum Gasteiger partial charge on any atom is -0.192 e. The van der Waals surface area contributed by atoms with Gasteiger partial charge < -0.3 is 0 Å². The third kappa shape index (κ3) is 5.45. The molecule has 0 N–H and O–H groups in total. The topological polar surface area (TPSA) is 47.6 Å². The van der Waals surface area contributed by atoms with E-state index < -0.39 is 0 Å². The van der Waals surface area contributed by atoms with Gasteiger partial charge in [0, 0.05) is 40.3 Å². The van der Waals surface area contributed by atoms with Gasteiger partial charge in [-0.25, -0.2) is 0 Å². The van der Waals surface area contributed by atoms with Crippen LogP contribution < -0.4 is 0 Å². The molecule has 0 bridgehead atoms. The number of fused-ring (bicyclic) bond motifs is 6. The largest absolute Gasteiger partial charge is 0.192 e. The van der Waals surface area contributed by atoms with Crippen LogP contribution in [0.5, 0.6) is 0 Å². The summed E-state index contributed by atoms with van der Waals surface area (Å²) in [5, 5.41) is 25.3. The zero-order valence-corrected chi connectivity index (χ0v) is 30.5. The molecule has 54 heavy (non-hydrogen) atoms. The molecule has 10 rings (SSSR count). The third-order valence-corrected chi connectivity index (χ3v) is 12.8. The third-order valence-electron chi connectivity index (χ3n) is 10.3. The fraction of sp³-hybridized carbons (Fsp3) is 0. The number of nitriles is 2. The van der Waals surface area contributed by atoms with Crippen molar-refractivity contribution in [3.8, 4) is 67.8 Å². The molecule has 0 unspecified atom stereocenters. The van der Waals surface area contributed by atoms with Crippen LogP contribution in [0, 0.1) is 22.7 Å². The van der Waals surface area contributed by atoms with Gasteiger partial charge in [0.1, 0.15) is 0 Å². The molecule has 0 aliphatic heterocycles. The van der Waals surface area contributed by atoms with E-state index in [4.69, 9.17) is 0 Å². The summed E-state index contributed by atoms with van der Waals surface area (Å²) in [5.74, 6) is 0. The second-order valence-corrected chi connectivity index (χ2v) is 15.6. The lowest BCUT2D eigenvalue weighted by Gasteiger charge is -2.12. The Morgan fingerprint density at radius 2 is 0.667 bits per heavy atom. The molecule has 0 atom stereocenters. The second kappa shape index (κ2) is 13.0. The molecule has 0 aliphatic carbocycles. The average molecular weight is 721 g/mol. The van der Waals surface area contributed by atoms with Gasteiger partial charge in [-0.15, -0.1) is 22.7 Å². The molecule has 2 nitrogen and oxygen atoms in total. The predicted octanol–water partition coefficient (Wildman–Crippen LogP) is 14.5. The number of rotatable bonds is 5. The molecule has 0 saturated carbocycles. The summed E-state index contributed by atoms with van der Waals surface area (Å²) in [6.45, 7) is 0. The van der Waals surface area contributed by atoms with E-state index >= 15 is 0 Å². The Labute approximate surface area is 320 Å². The van der Waals surface area contributed by atoms with E-state index in [1.807, 2.05) is 46.9 Å². The first-order chi connectivity index (χ1) is 26.6. The van der Waals surface area contributed by atoms with E-state index in [-0.39, 0.29) is 0 Å². The van der Waals surface area contributed by atoms with Crippen molar-refractivity contribution in [2.24, 2.45) is 0 Å². The predicted molar refractivity (Wildman–Crippen MR) is 229 cm³/mol. The molecule has 0 aliphatic rings. The van der Waals surface area contributed by atoms with Crippen LogP contribution >= 0.6 is 22.7 Å². The van der Waals surface area contributed by atoms with E-state index in [0.29, 0.717) is 11.1 Å². The average Bonchev–Trinajstić information content (AvgIpc) is 3.82. The van der Waals surface area contributed by atoms with E-state index in [0.717, 1.165) is 44.5 Å². The highest BCUT2D eigenvalue weighted by Gasteiger charge is 2.14. The first-order valence-corrected chi connectivity index (χ1v) is 19.4. The Bertz CT molecular complexity index is 2950. The molecule has 0 spiro atoms. The van der Waals surface area contributed by atoms with E-state index in [1.54, 1.807) is 0 Å². The van der Waals surface area contributed by atoms with Gasteiger partial charge in [0.2, 0.25) is 0 Å². The molecule has 250 valence electrons. The smallest absolute Gasteiger partial charge is 0.0992 e. The molecule has 8 aromatic carbocycles. The van der Waals surface area contributed by atoms with Crippen LogP contribution in [0.15, 0.2) is 170 Å². The summed E-state index contributed by atoms with van der Waals surface area (Å²) in [6, 6.07) is 64.2. The Kier molecular flexibility index (Phi) is 7.67. The standard InChI is InChI=1S/C50H28N2S2/c51-29-31-23-37(33-15-19-35(20-16-33)41-9-5-11-45-43-7-1-3-13-47(43)53-49(41)45)27-39(25-31)40-26-32(30-52)24-38(28-40)34-17-21-36(22-18-34)42-10-6-12-46-44-8-2-4-14-48(44)54-50(42)46/h1-28H. The van der Waals surface area contributed by atoms with Crippen molar-refractivity contribution in [3.05, 3.63) is 181 Å². The lowest BCUT2D eigenvalue weighted by Crippen LogP contribution is -1.89. The Morgan fingerprint density at radius 3 is 1.07 bits per heavy atom. The molecular weight excluding hydrogens is 693 g/mol. The highest BCUT2D eigenvalue weighted by Crippen LogP contribution is 2.42. The Hall–Kier alpha value is -6.82. The first kappa shape index (κ1) is 31.9. The van der Waals surface area contributed by atoms with Crippen molar-refractivity contribution in [1.82, 2.24) is 0 Å². The summed E-state index contributed by atoms with van der Waals surface area (Å²) < 4.78 is 5.16. The molecule has 2 heterocycles. The molecule has 0 amide bonds. The Morgan fingerprint density at radius 1 is 0.315 bits per heavy atom. The quantitative estimate of drug-likeness (QED) is 0.178. The van der Waals surface area contributed by atoms with E-state index in [2.05, 4.69) is 158 Å². The molecule has 10 aromatic rings. The fourth-order valence-corrected chi connectivity index (χ4v) is 10.2. The van der Waals surface area contributed by atoms with Crippen molar-refractivity contribution in [2.75, 3.05) is 0 Å². The summed E-state index contributed by atoms with van der Waals surface area (Å²) in [5.41, 5.74) is 11.7. The maximum absolute atomic E-state index is 10.1. The van der Waals surface area contributed by atoms with Crippen LogP contribution in [-0.4, -0.2) is 0 Å². The molecule has 0 radical (unpaired) electrons. The van der Waals surface area contributed by atoms with Crippen LogP contribution in [0.1, 0.15) is 11.1 Å². The minimum atomic E-state index is 0.574. The van der Waals surface area contributed by atoms with Crippen LogP contribution in [0.2, 0.25) is 0 Å². The van der Waals surface area contributed by atoms with Crippen LogP contribution in [-0.2, 0) is 0 Å². The van der Waals surface area contributed by atoms with Crippen LogP contribution in [0.3, 0.4) is 0 Å². The molecular formula is C50H28N2S2. The summed E-state index contributed by atoms with van der Waals surface area (Å²) >= 11 is 3.66. The van der Waals surface area contributed by atoms with Gasteiger partial charge in [-0.2, -0.15) is 10.5 Å². The van der Waals surface area contributed by atoms with Gasteiger partial charge in [0.25, 0.3) is 0 Å². The number of thiophene rings is 2.